The highest BCUT2D eigenvalue weighted by Gasteiger charge is 2.07. The van der Waals surface area contributed by atoms with E-state index in [2.05, 4.69) is 20.5 Å². The monoisotopic (exact) mass is 311 g/mol. The molecule has 3 rings (SSSR count). The number of fused-ring (bicyclic) bond motifs is 1. The van der Waals surface area contributed by atoms with Crippen LogP contribution in [-0.2, 0) is 13.1 Å². The van der Waals surface area contributed by atoms with E-state index < -0.39 is 0 Å². The lowest BCUT2D eigenvalue weighted by molar-refractivity contribution is 0.576. The topological polar surface area (TPSA) is 75.6 Å². The van der Waals surface area contributed by atoms with Crippen LogP contribution < -0.4 is 10.7 Å². The molecule has 0 bridgehead atoms. The lowest BCUT2D eigenvalue weighted by atomic mass is 10.0. The van der Waals surface area contributed by atoms with Crippen molar-refractivity contribution in [2.75, 3.05) is 6.54 Å². The summed E-state index contributed by atoms with van der Waals surface area (Å²) in [5.41, 5.74) is 4.05. The fourth-order valence-corrected chi connectivity index (χ4v) is 2.76. The molecule has 6 heteroatoms. The van der Waals surface area contributed by atoms with Gasteiger partial charge in [-0.15, -0.1) is 10.2 Å². The average Bonchev–Trinajstić information content (AvgIpc) is 3.04. The van der Waals surface area contributed by atoms with Crippen molar-refractivity contribution < 1.29 is 0 Å². The number of aromatic amines is 1. The number of aromatic nitrogens is 4. The maximum absolute atomic E-state index is 12.4. The summed E-state index contributed by atoms with van der Waals surface area (Å²) in [6.07, 6.45) is 4.41. The van der Waals surface area contributed by atoms with Gasteiger partial charge in [-0.3, -0.25) is 4.79 Å². The van der Waals surface area contributed by atoms with Crippen LogP contribution in [0, 0.1) is 13.8 Å². The van der Waals surface area contributed by atoms with Crippen LogP contribution in [0.2, 0.25) is 0 Å². The highest BCUT2D eigenvalue weighted by Crippen LogP contribution is 2.17. The maximum Gasteiger partial charge on any atom is 0.189 e. The summed E-state index contributed by atoms with van der Waals surface area (Å²) < 4.78 is 1.95. The first-order valence-corrected chi connectivity index (χ1v) is 7.80. The highest BCUT2D eigenvalue weighted by molar-refractivity contribution is 5.84. The molecule has 0 saturated heterocycles. The van der Waals surface area contributed by atoms with Gasteiger partial charge < -0.3 is 14.9 Å². The minimum Gasteiger partial charge on any atom is -0.357 e. The number of hydrogen-bond acceptors (Lipinski definition) is 4. The fourth-order valence-electron chi connectivity index (χ4n) is 2.76. The zero-order chi connectivity index (χ0) is 16.2. The molecule has 6 nitrogen and oxygen atoms in total. The van der Waals surface area contributed by atoms with E-state index >= 15 is 0 Å². The Morgan fingerprint density at radius 3 is 2.70 bits per heavy atom. The summed E-state index contributed by atoms with van der Waals surface area (Å²) in [5.74, 6) is 0. The second-order valence-electron chi connectivity index (χ2n) is 5.84. The van der Waals surface area contributed by atoms with Gasteiger partial charge in [-0.25, -0.2) is 0 Å². The number of aryl methyl sites for hydroxylation is 3. The normalized spacial score (nSPS) is 11.2. The van der Waals surface area contributed by atoms with E-state index in [1.807, 2.05) is 30.5 Å². The molecule has 1 aromatic carbocycles. The molecule has 0 aliphatic heterocycles. The first-order valence-electron chi connectivity index (χ1n) is 7.80. The third kappa shape index (κ3) is 3.48. The van der Waals surface area contributed by atoms with Crippen molar-refractivity contribution in [1.29, 1.82) is 0 Å². The SMILES string of the molecule is Cc1ccc(C)c2c(=O)cc(CNCCCn3cnnc3)[nH]c12. The Morgan fingerprint density at radius 1 is 1.17 bits per heavy atom. The number of rotatable bonds is 6. The first-order chi connectivity index (χ1) is 11.1. The molecule has 0 aliphatic rings. The molecule has 23 heavy (non-hydrogen) atoms. The van der Waals surface area contributed by atoms with Crippen molar-refractivity contribution in [3.05, 3.63) is 57.9 Å². The van der Waals surface area contributed by atoms with Gasteiger partial charge in [0.25, 0.3) is 0 Å². The van der Waals surface area contributed by atoms with Gasteiger partial charge in [0.05, 0.1) is 5.52 Å². The molecule has 2 heterocycles. The van der Waals surface area contributed by atoms with E-state index in [1.165, 1.54) is 0 Å². The number of pyridine rings is 1. The van der Waals surface area contributed by atoms with Gasteiger partial charge in [0, 0.05) is 30.2 Å². The zero-order valence-corrected chi connectivity index (χ0v) is 13.5. The van der Waals surface area contributed by atoms with E-state index in [0.29, 0.717) is 6.54 Å². The molecule has 2 N–H and O–H groups in total. The molecule has 3 aromatic rings. The van der Waals surface area contributed by atoms with Crippen molar-refractivity contribution in [2.45, 2.75) is 33.4 Å². The fraction of sp³-hybridized carbons (Fsp3) is 0.353. The Bertz CT molecular complexity index is 851. The van der Waals surface area contributed by atoms with Crippen LogP contribution in [0.15, 0.2) is 35.6 Å². The van der Waals surface area contributed by atoms with E-state index in [9.17, 15) is 4.79 Å². The molecular formula is C17H21N5O. The van der Waals surface area contributed by atoms with Crippen molar-refractivity contribution in [3.63, 3.8) is 0 Å². The molecule has 120 valence electrons. The van der Waals surface area contributed by atoms with Crippen LogP contribution >= 0.6 is 0 Å². The molecule has 0 atom stereocenters. The molecular weight excluding hydrogens is 290 g/mol. The average molecular weight is 311 g/mol. The smallest absolute Gasteiger partial charge is 0.189 e. The number of hydrogen-bond donors (Lipinski definition) is 2. The number of nitrogens with zero attached hydrogens (tertiary/aromatic N) is 3. The van der Waals surface area contributed by atoms with Gasteiger partial charge in [-0.2, -0.15) is 0 Å². The standard InChI is InChI=1S/C17H21N5O/c1-12-4-5-13(2)17-16(12)15(23)8-14(21-17)9-18-6-3-7-22-10-19-20-11-22/h4-5,8,10-11,18H,3,6-7,9H2,1-2H3,(H,21,23). The van der Waals surface area contributed by atoms with Crippen molar-refractivity contribution in [1.82, 2.24) is 25.1 Å². The van der Waals surface area contributed by atoms with Gasteiger partial charge in [0.15, 0.2) is 5.43 Å². The quantitative estimate of drug-likeness (QED) is 0.682. The van der Waals surface area contributed by atoms with Gasteiger partial charge in [-0.05, 0) is 37.9 Å². The summed E-state index contributed by atoms with van der Waals surface area (Å²) in [4.78, 5) is 15.7. The number of benzene rings is 1. The molecule has 0 amide bonds. The van der Waals surface area contributed by atoms with Crippen molar-refractivity contribution >= 4 is 10.9 Å². The number of nitrogens with one attached hydrogen (secondary N) is 2. The van der Waals surface area contributed by atoms with Crippen molar-refractivity contribution in [2.24, 2.45) is 0 Å². The third-order valence-electron chi connectivity index (χ3n) is 4.01. The Hall–Kier alpha value is -2.47. The Morgan fingerprint density at radius 2 is 1.91 bits per heavy atom. The summed E-state index contributed by atoms with van der Waals surface area (Å²) in [5, 5.41) is 11.7. The predicted molar refractivity (Wildman–Crippen MR) is 90.4 cm³/mol. The molecule has 2 aromatic heterocycles. The van der Waals surface area contributed by atoms with E-state index in [1.54, 1.807) is 18.7 Å². The molecule has 0 spiro atoms. The van der Waals surface area contributed by atoms with Crippen LogP contribution in [0.1, 0.15) is 23.2 Å². The molecule has 0 saturated carbocycles. The first kappa shape index (κ1) is 15.4. The van der Waals surface area contributed by atoms with E-state index in [4.69, 9.17) is 0 Å². The van der Waals surface area contributed by atoms with E-state index in [-0.39, 0.29) is 5.43 Å². The molecule has 0 radical (unpaired) electrons. The van der Waals surface area contributed by atoms with Crippen molar-refractivity contribution in [3.8, 4) is 0 Å². The summed E-state index contributed by atoms with van der Waals surface area (Å²) >= 11 is 0. The minimum atomic E-state index is 0.0845. The predicted octanol–water partition coefficient (Wildman–Crippen LogP) is 1.92. The minimum absolute atomic E-state index is 0.0845. The Labute approximate surface area is 134 Å². The Kier molecular flexibility index (Phi) is 4.52. The van der Waals surface area contributed by atoms with Gasteiger partial charge in [0.2, 0.25) is 0 Å². The summed E-state index contributed by atoms with van der Waals surface area (Å²) in [7, 11) is 0. The lowest BCUT2D eigenvalue weighted by Gasteiger charge is -2.09. The largest absolute Gasteiger partial charge is 0.357 e. The van der Waals surface area contributed by atoms with E-state index in [0.717, 1.165) is 47.2 Å². The van der Waals surface area contributed by atoms with Gasteiger partial charge >= 0.3 is 0 Å². The highest BCUT2D eigenvalue weighted by atomic mass is 16.1. The zero-order valence-electron chi connectivity index (χ0n) is 13.5. The Balaban J connectivity index is 1.64. The van der Waals surface area contributed by atoms with Gasteiger partial charge in [-0.1, -0.05) is 12.1 Å². The molecule has 0 aliphatic carbocycles. The summed E-state index contributed by atoms with van der Waals surface area (Å²) in [6, 6.07) is 5.74. The maximum atomic E-state index is 12.4. The summed E-state index contributed by atoms with van der Waals surface area (Å²) in [6.45, 7) is 6.40. The second-order valence-corrected chi connectivity index (χ2v) is 5.84. The van der Waals surface area contributed by atoms with Gasteiger partial charge in [0.1, 0.15) is 12.7 Å². The van der Waals surface area contributed by atoms with Crippen LogP contribution in [-0.4, -0.2) is 26.3 Å². The van der Waals surface area contributed by atoms with Crippen LogP contribution in [0.4, 0.5) is 0 Å². The van der Waals surface area contributed by atoms with Crippen LogP contribution in [0.5, 0.6) is 0 Å². The molecule has 0 unspecified atom stereocenters. The van der Waals surface area contributed by atoms with Crippen LogP contribution in [0.3, 0.4) is 0 Å². The third-order valence-corrected chi connectivity index (χ3v) is 4.01. The van der Waals surface area contributed by atoms with Crippen LogP contribution in [0.25, 0.3) is 10.9 Å². The second kappa shape index (κ2) is 6.75. The lowest BCUT2D eigenvalue weighted by Crippen LogP contribution is -2.19. The molecule has 0 fully saturated rings. The number of H-pyrrole nitrogens is 1.